The van der Waals surface area contributed by atoms with Gasteiger partial charge in [0.25, 0.3) is 0 Å². The summed E-state index contributed by atoms with van der Waals surface area (Å²) in [5.74, 6) is 1.91. The average Bonchev–Trinajstić information content (AvgIpc) is 2.78. The van der Waals surface area contributed by atoms with Crippen LogP contribution >= 0.6 is 0 Å². The summed E-state index contributed by atoms with van der Waals surface area (Å²) >= 11 is 0. The summed E-state index contributed by atoms with van der Waals surface area (Å²) in [7, 11) is 0. The van der Waals surface area contributed by atoms with Gasteiger partial charge in [-0.05, 0) is 50.6 Å². The van der Waals surface area contributed by atoms with Crippen molar-refractivity contribution in [2.75, 3.05) is 16.0 Å². The van der Waals surface area contributed by atoms with Crippen molar-refractivity contribution in [3.63, 3.8) is 0 Å². The quantitative estimate of drug-likeness (QED) is 0.347. The molecule has 3 N–H and O–H groups in total. The average molecular weight is 417 g/mol. The SMILES string of the molecule is C=Nc1c(NCc2ccc(-c3ccccc3)cc2)nc(NC(C)C)nc1NC(C)CC. The summed E-state index contributed by atoms with van der Waals surface area (Å²) in [4.78, 5) is 13.5. The Balaban J connectivity index is 1.82. The van der Waals surface area contributed by atoms with E-state index in [-0.39, 0.29) is 12.1 Å². The normalized spacial score (nSPS) is 11.8. The Kier molecular flexibility index (Phi) is 7.60. The van der Waals surface area contributed by atoms with Gasteiger partial charge in [-0.2, -0.15) is 9.97 Å². The van der Waals surface area contributed by atoms with E-state index in [0.717, 1.165) is 12.0 Å². The molecule has 0 aliphatic carbocycles. The lowest BCUT2D eigenvalue weighted by Gasteiger charge is -2.19. The van der Waals surface area contributed by atoms with Gasteiger partial charge in [-0.15, -0.1) is 0 Å². The van der Waals surface area contributed by atoms with Gasteiger partial charge in [-0.25, -0.2) is 0 Å². The van der Waals surface area contributed by atoms with Crippen LogP contribution in [0.5, 0.6) is 0 Å². The van der Waals surface area contributed by atoms with E-state index in [0.29, 0.717) is 29.8 Å². The van der Waals surface area contributed by atoms with E-state index in [1.807, 2.05) is 6.07 Å². The first-order valence-electron chi connectivity index (χ1n) is 10.8. The number of anilines is 3. The minimum Gasteiger partial charge on any atom is -0.366 e. The van der Waals surface area contributed by atoms with Crippen LogP contribution in [-0.4, -0.2) is 28.8 Å². The highest BCUT2D eigenvalue weighted by Gasteiger charge is 2.15. The van der Waals surface area contributed by atoms with Gasteiger partial charge in [0.2, 0.25) is 5.95 Å². The minimum atomic E-state index is 0.220. The molecule has 0 radical (unpaired) electrons. The van der Waals surface area contributed by atoms with E-state index in [1.54, 1.807) is 0 Å². The number of aromatic nitrogens is 2. The van der Waals surface area contributed by atoms with Crippen molar-refractivity contribution in [2.45, 2.75) is 52.7 Å². The zero-order valence-electron chi connectivity index (χ0n) is 18.8. The predicted molar refractivity (Wildman–Crippen MR) is 133 cm³/mol. The monoisotopic (exact) mass is 416 g/mol. The van der Waals surface area contributed by atoms with Gasteiger partial charge in [0.15, 0.2) is 11.6 Å². The second-order valence-corrected chi connectivity index (χ2v) is 7.92. The number of rotatable bonds is 10. The Labute approximate surface area is 185 Å². The second kappa shape index (κ2) is 10.6. The minimum absolute atomic E-state index is 0.220. The first-order valence-corrected chi connectivity index (χ1v) is 10.8. The fourth-order valence-corrected chi connectivity index (χ4v) is 3.12. The molecule has 0 saturated carbocycles. The van der Waals surface area contributed by atoms with Crippen molar-refractivity contribution >= 4 is 30.0 Å². The van der Waals surface area contributed by atoms with Crippen molar-refractivity contribution in [2.24, 2.45) is 4.99 Å². The fraction of sp³-hybridized carbons (Fsp3) is 0.320. The van der Waals surface area contributed by atoms with Crippen LogP contribution < -0.4 is 16.0 Å². The number of nitrogens with one attached hydrogen (secondary N) is 3. The highest BCUT2D eigenvalue weighted by Crippen LogP contribution is 2.33. The Morgan fingerprint density at radius 2 is 1.52 bits per heavy atom. The maximum Gasteiger partial charge on any atom is 0.226 e. The van der Waals surface area contributed by atoms with E-state index in [4.69, 9.17) is 0 Å². The molecule has 0 bridgehead atoms. The summed E-state index contributed by atoms with van der Waals surface area (Å²) < 4.78 is 0. The molecule has 1 atom stereocenters. The van der Waals surface area contributed by atoms with Crippen molar-refractivity contribution in [1.82, 2.24) is 9.97 Å². The molecule has 0 saturated heterocycles. The van der Waals surface area contributed by atoms with E-state index in [1.165, 1.54) is 11.1 Å². The molecule has 162 valence electrons. The van der Waals surface area contributed by atoms with E-state index in [2.05, 4.69) is 114 Å². The molecule has 0 aliphatic heterocycles. The molecule has 6 heteroatoms. The highest BCUT2D eigenvalue weighted by atomic mass is 15.2. The molecule has 3 rings (SSSR count). The van der Waals surface area contributed by atoms with Gasteiger partial charge >= 0.3 is 0 Å². The van der Waals surface area contributed by atoms with Crippen molar-refractivity contribution in [3.8, 4) is 11.1 Å². The number of aliphatic imine (C=N–C) groups is 1. The van der Waals surface area contributed by atoms with E-state index >= 15 is 0 Å². The van der Waals surface area contributed by atoms with Crippen LogP contribution in [0.2, 0.25) is 0 Å². The molecule has 0 spiro atoms. The molecule has 0 aliphatic rings. The highest BCUT2D eigenvalue weighted by molar-refractivity contribution is 5.77. The molecule has 1 unspecified atom stereocenters. The molecule has 1 heterocycles. The standard InChI is InChI=1S/C25H32N6/c1-6-18(4)29-24-22(26-5)23(30-25(31-24)28-17(2)3)27-16-19-12-14-21(15-13-19)20-10-8-7-9-11-20/h7-15,17-18H,5-6,16H2,1-4H3,(H3,27,28,29,30,31). The summed E-state index contributed by atoms with van der Waals surface area (Å²) in [6, 6.07) is 19.4. The number of hydrogen-bond acceptors (Lipinski definition) is 6. The van der Waals surface area contributed by atoms with Crippen LogP contribution in [0.3, 0.4) is 0 Å². The zero-order chi connectivity index (χ0) is 22.2. The van der Waals surface area contributed by atoms with E-state index in [9.17, 15) is 0 Å². The Morgan fingerprint density at radius 3 is 2.13 bits per heavy atom. The molecule has 1 aromatic heterocycles. The molecule has 3 aromatic rings. The summed E-state index contributed by atoms with van der Waals surface area (Å²) in [5, 5.41) is 10.1. The van der Waals surface area contributed by atoms with Crippen LogP contribution in [0, 0.1) is 0 Å². The van der Waals surface area contributed by atoms with Gasteiger partial charge in [-0.1, -0.05) is 61.5 Å². The second-order valence-electron chi connectivity index (χ2n) is 7.92. The molecule has 31 heavy (non-hydrogen) atoms. The van der Waals surface area contributed by atoms with Crippen molar-refractivity contribution < 1.29 is 0 Å². The van der Waals surface area contributed by atoms with Gasteiger partial charge in [0.1, 0.15) is 5.69 Å². The molecule has 2 aromatic carbocycles. The third-order valence-electron chi connectivity index (χ3n) is 4.98. The molecule has 0 fully saturated rings. The number of benzene rings is 2. The number of hydrogen-bond donors (Lipinski definition) is 3. The maximum atomic E-state index is 4.65. The van der Waals surface area contributed by atoms with Gasteiger partial charge < -0.3 is 16.0 Å². The lowest BCUT2D eigenvalue weighted by atomic mass is 10.0. The lowest BCUT2D eigenvalue weighted by molar-refractivity contribution is 0.758. The summed E-state index contributed by atoms with van der Waals surface area (Å²) in [5.41, 5.74) is 4.20. The Bertz CT molecular complexity index is 983. The molecular weight excluding hydrogens is 384 g/mol. The van der Waals surface area contributed by atoms with Gasteiger partial charge in [0, 0.05) is 18.6 Å². The Morgan fingerprint density at radius 1 is 0.871 bits per heavy atom. The Hall–Kier alpha value is -3.41. The smallest absolute Gasteiger partial charge is 0.226 e. The van der Waals surface area contributed by atoms with Crippen LogP contribution in [0.15, 0.2) is 59.6 Å². The summed E-state index contributed by atoms with van der Waals surface area (Å²) in [6.45, 7) is 12.7. The molecular formula is C25H32N6. The van der Waals surface area contributed by atoms with E-state index < -0.39 is 0 Å². The lowest BCUT2D eigenvalue weighted by Crippen LogP contribution is -2.18. The number of nitrogens with zero attached hydrogens (tertiary/aromatic N) is 3. The predicted octanol–water partition coefficient (Wildman–Crippen LogP) is 6.12. The van der Waals surface area contributed by atoms with Gasteiger partial charge in [-0.3, -0.25) is 4.99 Å². The zero-order valence-corrected chi connectivity index (χ0v) is 18.8. The third kappa shape index (κ3) is 6.04. The summed E-state index contributed by atoms with van der Waals surface area (Å²) in [6.07, 6.45) is 0.976. The van der Waals surface area contributed by atoms with Crippen LogP contribution in [0.1, 0.15) is 39.7 Å². The first kappa shape index (κ1) is 22.3. The topological polar surface area (TPSA) is 74.2 Å². The third-order valence-corrected chi connectivity index (χ3v) is 4.98. The molecule has 0 amide bonds. The van der Waals surface area contributed by atoms with Crippen LogP contribution in [0.25, 0.3) is 11.1 Å². The van der Waals surface area contributed by atoms with Gasteiger partial charge in [0.05, 0.1) is 0 Å². The molecule has 6 nitrogen and oxygen atoms in total. The largest absolute Gasteiger partial charge is 0.366 e. The fourth-order valence-electron chi connectivity index (χ4n) is 3.12. The van der Waals surface area contributed by atoms with Crippen LogP contribution in [0.4, 0.5) is 23.3 Å². The van der Waals surface area contributed by atoms with Crippen molar-refractivity contribution in [3.05, 3.63) is 60.2 Å². The van der Waals surface area contributed by atoms with Crippen molar-refractivity contribution in [1.29, 1.82) is 0 Å². The maximum absolute atomic E-state index is 4.65. The first-order chi connectivity index (χ1) is 15.0. The van der Waals surface area contributed by atoms with Crippen LogP contribution in [-0.2, 0) is 6.54 Å².